The third-order valence-electron chi connectivity index (χ3n) is 3.75. The first-order valence-electron chi connectivity index (χ1n) is 8.34. The van der Waals surface area contributed by atoms with E-state index >= 15 is 0 Å². The second-order valence-corrected chi connectivity index (χ2v) is 7.49. The summed E-state index contributed by atoms with van der Waals surface area (Å²) in [5.41, 5.74) is 4.16. The van der Waals surface area contributed by atoms with E-state index in [0.717, 1.165) is 11.8 Å². The fraction of sp³-hybridized carbons (Fsp3) is 0.0526. The average Bonchev–Trinajstić information content (AvgIpc) is 2.70. The van der Waals surface area contributed by atoms with Crippen LogP contribution >= 0.6 is 0 Å². The number of pyridine rings is 1. The first-order chi connectivity index (χ1) is 13.8. The zero-order chi connectivity index (χ0) is 20.9. The molecule has 10 heteroatoms. The van der Waals surface area contributed by atoms with Crippen LogP contribution < -0.4 is 9.61 Å². The molecule has 0 atom stereocenters. The largest absolute Gasteiger partial charge is 0.379 e. The van der Waals surface area contributed by atoms with Crippen molar-refractivity contribution in [3.05, 3.63) is 88.1 Å². The Bertz CT molecular complexity index is 1130. The van der Waals surface area contributed by atoms with Gasteiger partial charge < -0.3 is 4.18 Å². The fourth-order valence-corrected chi connectivity index (χ4v) is 3.15. The third kappa shape index (κ3) is 5.36. The maximum Gasteiger partial charge on any atom is 0.339 e. The summed E-state index contributed by atoms with van der Waals surface area (Å²) in [6, 6.07) is 15.4. The van der Waals surface area contributed by atoms with Crippen LogP contribution in [-0.4, -0.2) is 24.5 Å². The van der Waals surface area contributed by atoms with E-state index in [1.165, 1.54) is 42.6 Å². The SMILES string of the molecule is Cc1ccc(S(=O)(=O)Oc2ccc(/C=N\Nc3ccc([N+](=O)[O-])cn3)cc2)cc1. The number of hydrogen-bond donors (Lipinski definition) is 1. The molecule has 1 aromatic heterocycles. The van der Waals surface area contributed by atoms with E-state index < -0.39 is 15.0 Å². The predicted molar refractivity (Wildman–Crippen MR) is 108 cm³/mol. The molecule has 0 unspecified atom stereocenters. The van der Waals surface area contributed by atoms with Crippen molar-refractivity contribution >= 4 is 27.8 Å². The highest BCUT2D eigenvalue weighted by molar-refractivity contribution is 7.87. The lowest BCUT2D eigenvalue weighted by atomic mass is 10.2. The van der Waals surface area contributed by atoms with Gasteiger partial charge in [0.15, 0.2) is 0 Å². The van der Waals surface area contributed by atoms with Crippen LogP contribution in [0.25, 0.3) is 0 Å². The van der Waals surface area contributed by atoms with Crippen LogP contribution in [0.1, 0.15) is 11.1 Å². The number of benzene rings is 2. The van der Waals surface area contributed by atoms with Gasteiger partial charge in [-0.1, -0.05) is 17.7 Å². The molecule has 3 rings (SSSR count). The van der Waals surface area contributed by atoms with Gasteiger partial charge in [0.25, 0.3) is 5.69 Å². The van der Waals surface area contributed by atoms with Crippen LogP contribution in [0.15, 0.2) is 76.9 Å². The fourth-order valence-electron chi connectivity index (χ4n) is 2.22. The van der Waals surface area contributed by atoms with Gasteiger partial charge in [0.2, 0.25) is 0 Å². The van der Waals surface area contributed by atoms with Crippen LogP contribution in [0, 0.1) is 17.0 Å². The van der Waals surface area contributed by atoms with Crippen molar-refractivity contribution < 1.29 is 17.5 Å². The van der Waals surface area contributed by atoms with Crippen molar-refractivity contribution in [1.29, 1.82) is 0 Å². The summed E-state index contributed by atoms with van der Waals surface area (Å²) in [5.74, 6) is 0.517. The van der Waals surface area contributed by atoms with Gasteiger partial charge >= 0.3 is 10.1 Å². The molecule has 1 heterocycles. The molecule has 9 nitrogen and oxygen atoms in total. The number of anilines is 1. The van der Waals surface area contributed by atoms with E-state index in [0.29, 0.717) is 11.4 Å². The van der Waals surface area contributed by atoms with Crippen molar-refractivity contribution in [3.8, 4) is 5.75 Å². The van der Waals surface area contributed by atoms with E-state index in [1.54, 1.807) is 24.3 Å². The van der Waals surface area contributed by atoms with E-state index in [4.69, 9.17) is 4.18 Å². The lowest BCUT2D eigenvalue weighted by Crippen LogP contribution is -2.09. The molecule has 2 aromatic carbocycles. The molecule has 3 aromatic rings. The summed E-state index contributed by atoms with van der Waals surface area (Å²) in [5, 5.41) is 14.6. The molecule has 0 spiro atoms. The summed E-state index contributed by atoms with van der Waals surface area (Å²) in [4.78, 5) is 14.0. The zero-order valence-corrected chi connectivity index (χ0v) is 16.0. The minimum Gasteiger partial charge on any atom is -0.379 e. The van der Waals surface area contributed by atoms with Crippen LogP contribution in [0.4, 0.5) is 11.5 Å². The van der Waals surface area contributed by atoms with Gasteiger partial charge in [0.1, 0.15) is 22.7 Å². The number of hydrazone groups is 1. The molecule has 0 saturated carbocycles. The Kier molecular flexibility index (Phi) is 5.84. The molecule has 0 aliphatic carbocycles. The highest BCUT2D eigenvalue weighted by Crippen LogP contribution is 2.19. The van der Waals surface area contributed by atoms with Gasteiger partial charge in [-0.05, 0) is 55.0 Å². The molecule has 0 fully saturated rings. The predicted octanol–water partition coefficient (Wildman–Crippen LogP) is 3.51. The van der Waals surface area contributed by atoms with Gasteiger partial charge in [-0.15, -0.1) is 0 Å². The summed E-state index contributed by atoms with van der Waals surface area (Å²) in [6.45, 7) is 1.87. The first-order valence-corrected chi connectivity index (χ1v) is 9.75. The smallest absolute Gasteiger partial charge is 0.339 e. The summed E-state index contributed by atoms with van der Waals surface area (Å²) in [7, 11) is -3.91. The van der Waals surface area contributed by atoms with Gasteiger partial charge in [-0.2, -0.15) is 13.5 Å². The van der Waals surface area contributed by atoms with Crippen LogP contribution in [0.3, 0.4) is 0 Å². The molecule has 1 N–H and O–H groups in total. The Morgan fingerprint density at radius 3 is 2.34 bits per heavy atom. The Morgan fingerprint density at radius 2 is 1.76 bits per heavy atom. The minimum absolute atomic E-state index is 0.0773. The quantitative estimate of drug-likeness (QED) is 0.272. The van der Waals surface area contributed by atoms with E-state index in [-0.39, 0.29) is 16.3 Å². The molecule has 0 amide bonds. The number of rotatable bonds is 7. The van der Waals surface area contributed by atoms with Gasteiger partial charge in [0, 0.05) is 6.07 Å². The van der Waals surface area contributed by atoms with Crippen LogP contribution in [-0.2, 0) is 10.1 Å². The Balaban J connectivity index is 1.61. The van der Waals surface area contributed by atoms with Crippen LogP contribution in [0.5, 0.6) is 5.75 Å². The van der Waals surface area contributed by atoms with Crippen molar-refractivity contribution in [2.45, 2.75) is 11.8 Å². The number of nitro groups is 1. The molecule has 0 saturated heterocycles. The molecule has 29 heavy (non-hydrogen) atoms. The highest BCUT2D eigenvalue weighted by Gasteiger charge is 2.16. The van der Waals surface area contributed by atoms with Crippen molar-refractivity contribution in [2.75, 3.05) is 5.43 Å². The summed E-state index contributed by atoms with van der Waals surface area (Å²) < 4.78 is 29.7. The lowest BCUT2D eigenvalue weighted by molar-refractivity contribution is -0.385. The monoisotopic (exact) mass is 412 g/mol. The molecule has 0 aliphatic heterocycles. The van der Waals surface area contributed by atoms with Crippen LogP contribution in [0.2, 0.25) is 0 Å². The van der Waals surface area contributed by atoms with Gasteiger partial charge in [0.05, 0.1) is 11.1 Å². The minimum atomic E-state index is -3.91. The van der Waals surface area contributed by atoms with E-state index in [1.807, 2.05) is 6.92 Å². The molecular weight excluding hydrogens is 396 g/mol. The number of hydrogen-bond acceptors (Lipinski definition) is 8. The molecule has 148 valence electrons. The molecule has 0 radical (unpaired) electrons. The van der Waals surface area contributed by atoms with E-state index in [9.17, 15) is 18.5 Å². The Hall–Kier alpha value is -3.79. The summed E-state index contributed by atoms with van der Waals surface area (Å²) in [6.07, 6.45) is 2.61. The number of nitrogens with zero attached hydrogens (tertiary/aromatic N) is 3. The van der Waals surface area contributed by atoms with Gasteiger partial charge in [-0.3, -0.25) is 15.5 Å². The number of aromatic nitrogens is 1. The Labute approximate surface area is 167 Å². The first kappa shape index (κ1) is 20.0. The molecular formula is C19H16N4O5S. The molecule has 0 aliphatic rings. The lowest BCUT2D eigenvalue weighted by Gasteiger charge is -2.07. The highest BCUT2D eigenvalue weighted by atomic mass is 32.2. The Morgan fingerprint density at radius 1 is 1.07 bits per heavy atom. The van der Waals surface area contributed by atoms with Gasteiger partial charge in [-0.25, -0.2) is 4.98 Å². The van der Waals surface area contributed by atoms with E-state index in [2.05, 4.69) is 15.5 Å². The molecule has 0 bridgehead atoms. The second-order valence-electron chi connectivity index (χ2n) is 5.95. The summed E-state index contributed by atoms with van der Waals surface area (Å²) >= 11 is 0. The average molecular weight is 412 g/mol. The maximum atomic E-state index is 12.3. The standard InChI is InChI=1S/C19H16N4O5S/c1-14-2-9-18(10-3-14)29(26,27)28-17-7-4-15(5-8-17)12-21-22-19-11-6-16(13-20-19)23(24)25/h2-13H,1H3,(H,20,22)/b21-12-. The third-order valence-corrected chi connectivity index (χ3v) is 5.01. The van der Waals surface area contributed by atoms with Crippen molar-refractivity contribution in [1.82, 2.24) is 4.98 Å². The number of nitrogens with one attached hydrogen (secondary N) is 1. The second kappa shape index (κ2) is 8.48. The number of aryl methyl sites for hydroxylation is 1. The zero-order valence-electron chi connectivity index (χ0n) is 15.2. The van der Waals surface area contributed by atoms with Crippen molar-refractivity contribution in [3.63, 3.8) is 0 Å². The van der Waals surface area contributed by atoms with Crippen molar-refractivity contribution in [2.24, 2.45) is 5.10 Å². The maximum absolute atomic E-state index is 12.3. The normalized spacial score (nSPS) is 11.3. The topological polar surface area (TPSA) is 124 Å².